The second-order valence-corrected chi connectivity index (χ2v) is 6.30. The van der Waals surface area contributed by atoms with Crippen LogP contribution in [0.5, 0.6) is 0 Å². The van der Waals surface area contributed by atoms with E-state index in [1.54, 1.807) is 0 Å². The van der Waals surface area contributed by atoms with Gasteiger partial charge in [-0.3, -0.25) is 4.79 Å². The Hall–Kier alpha value is -0.630. The Balaban J connectivity index is 1.91. The van der Waals surface area contributed by atoms with Crippen molar-refractivity contribution in [3.8, 4) is 0 Å². The Bertz CT molecular complexity index is 358. The van der Waals surface area contributed by atoms with Crippen molar-refractivity contribution in [1.29, 1.82) is 0 Å². The summed E-state index contributed by atoms with van der Waals surface area (Å²) < 4.78 is 0. The fourth-order valence-corrected chi connectivity index (χ4v) is 4.38. The smallest absolute Gasteiger partial charge is 0.155 e. The number of allylic oxidation sites excluding steroid dienone is 2. The van der Waals surface area contributed by atoms with E-state index in [1.165, 1.54) is 12.0 Å². The zero-order valence-electron chi connectivity index (χ0n) is 10.6. The Morgan fingerprint density at radius 3 is 2.88 bits per heavy atom. The van der Waals surface area contributed by atoms with E-state index in [4.69, 9.17) is 0 Å². The van der Waals surface area contributed by atoms with Crippen LogP contribution in [0.15, 0.2) is 11.6 Å². The molecule has 2 nitrogen and oxygen atoms in total. The van der Waals surface area contributed by atoms with Gasteiger partial charge in [0.25, 0.3) is 0 Å². The predicted molar refractivity (Wildman–Crippen MR) is 66.4 cm³/mol. The highest BCUT2D eigenvalue weighted by molar-refractivity contribution is 5.91. The Morgan fingerprint density at radius 1 is 1.24 bits per heavy atom. The van der Waals surface area contributed by atoms with Gasteiger partial charge in [0.15, 0.2) is 5.78 Å². The zero-order valence-corrected chi connectivity index (χ0v) is 10.6. The van der Waals surface area contributed by atoms with Gasteiger partial charge in [0.1, 0.15) is 0 Å². The van der Waals surface area contributed by atoms with Gasteiger partial charge in [0.2, 0.25) is 0 Å². The average Bonchev–Trinajstić information content (AvgIpc) is 2.30. The summed E-state index contributed by atoms with van der Waals surface area (Å²) in [5.74, 6) is 2.92. The van der Waals surface area contributed by atoms with Crippen LogP contribution in [0.1, 0.15) is 45.4 Å². The molecule has 94 valence electrons. The molecule has 0 aromatic carbocycles. The zero-order chi connectivity index (χ0) is 12.0. The van der Waals surface area contributed by atoms with E-state index in [0.717, 1.165) is 38.0 Å². The molecule has 3 aliphatic rings. The Morgan fingerprint density at radius 2 is 2.06 bits per heavy atom. The summed E-state index contributed by atoms with van der Waals surface area (Å²) in [6, 6.07) is 0. The van der Waals surface area contributed by atoms with E-state index < -0.39 is 0 Å². The molecular formula is C15H22O2. The molecule has 3 aliphatic carbocycles. The van der Waals surface area contributed by atoms with Crippen LogP contribution < -0.4 is 0 Å². The highest BCUT2D eigenvalue weighted by atomic mass is 16.3. The van der Waals surface area contributed by atoms with Crippen LogP contribution in [0.25, 0.3) is 0 Å². The van der Waals surface area contributed by atoms with Gasteiger partial charge in [-0.05, 0) is 61.9 Å². The Kier molecular flexibility index (Phi) is 2.86. The molecule has 0 radical (unpaired) electrons. The molecule has 0 amide bonds. The first-order valence-electron chi connectivity index (χ1n) is 7.07. The second kappa shape index (κ2) is 4.24. The molecule has 0 aromatic heterocycles. The van der Waals surface area contributed by atoms with Crippen LogP contribution in [0.4, 0.5) is 0 Å². The van der Waals surface area contributed by atoms with Crippen molar-refractivity contribution >= 4 is 5.78 Å². The molecule has 2 saturated carbocycles. The fourth-order valence-electron chi connectivity index (χ4n) is 4.38. The third-order valence-electron chi connectivity index (χ3n) is 5.23. The molecule has 3 rings (SSSR count). The molecule has 2 fully saturated rings. The predicted octanol–water partition coefficient (Wildman–Crippen LogP) is 2.71. The highest BCUT2D eigenvalue weighted by Crippen LogP contribution is 2.51. The van der Waals surface area contributed by atoms with Crippen LogP contribution in [-0.4, -0.2) is 17.0 Å². The first-order valence-corrected chi connectivity index (χ1v) is 7.07. The summed E-state index contributed by atoms with van der Waals surface area (Å²) in [7, 11) is 0. The van der Waals surface area contributed by atoms with Crippen molar-refractivity contribution < 1.29 is 9.90 Å². The van der Waals surface area contributed by atoms with E-state index in [1.807, 2.05) is 6.08 Å². The SMILES string of the molecule is CC1CC2CCC(=O)C=C2C2CC(O)CCC12. The maximum atomic E-state index is 11.6. The monoisotopic (exact) mass is 234 g/mol. The molecule has 0 aromatic rings. The number of fused-ring (bicyclic) bond motifs is 3. The quantitative estimate of drug-likeness (QED) is 0.699. The van der Waals surface area contributed by atoms with Gasteiger partial charge in [0, 0.05) is 6.42 Å². The Labute approximate surface area is 103 Å². The number of aliphatic hydroxyl groups excluding tert-OH is 1. The lowest BCUT2D eigenvalue weighted by molar-refractivity contribution is -0.115. The summed E-state index contributed by atoms with van der Waals surface area (Å²) in [5.41, 5.74) is 1.39. The molecular weight excluding hydrogens is 212 g/mol. The fraction of sp³-hybridized carbons (Fsp3) is 0.800. The second-order valence-electron chi connectivity index (χ2n) is 6.30. The average molecular weight is 234 g/mol. The van der Waals surface area contributed by atoms with Gasteiger partial charge in [-0.15, -0.1) is 0 Å². The van der Waals surface area contributed by atoms with Crippen molar-refractivity contribution in [3.05, 3.63) is 11.6 Å². The normalized spacial score (nSPS) is 45.9. The summed E-state index contributed by atoms with van der Waals surface area (Å²) in [6.07, 6.45) is 7.83. The van der Waals surface area contributed by atoms with Crippen LogP contribution in [0.3, 0.4) is 0 Å². The molecule has 0 saturated heterocycles. The number of hydrogen-bond acceptors (Lipinski definition) is 2. The van der Waals surface area contributed by atoms with Gasteiger partial charge in [0.05, 0.1) is 6.10 Å². The van der Waals surface area contributed by atoms with Crippen molar-refractivity contribution in [1.82, 2.24) is 0 Å². The number of rotatable bonds is 0. The summed E-state index contributed by atoms with van der Waals surface area (Å²) in [6.45, 7) is 2.36. The third kappa shape index (κ3) is 1.97. The van der Waals surface area contributed by atoms with Crippen LogP contribution >= 0.6 is 0 Å². The maximum absolute atomic E-state index is 11.6. The molecule has 0 aliphatic heterocycles. The topological polar surface area (TPSA) is 37.3 Å². The summed E-state index contributed by atoms with van der Waals surface area (Å²) in [5, 5.41) is 9.88. The molecule has 0 spiro atoms. The lowest BCUT2D eigenvalue weighted by Gasteiger charge is -2.47. The van der Waals surface area contributed by atoms with Crippen molar-refractivity contribution in [3.63, 3.8) is 0 Å². The highest BCUT2D eigenvalue weighted by Gasteiger charge is 2.43. The summed E-state index contributed by atoms with van der Waals surface area (Å²) >= 11 is 0. The van der Waals surface area contributed by atoms with E-state index in [0.29, 0.717) is 23.5 Å². The lowest BCUT2D eigenvalue weighted by atomic mass is 9.58. The minimum Gasteiger partial charge on any atom is -0.393 e. The molecule has 5 unspecified atom stereocenters. The minimum absolute atomic E-state index is 0.139. The number of hydrogen-bond donors (Lipinski definition) is 1. The van der Waals surface area contributed by atoms with E-state index in [2.05, 4.69) is 6.92 Å². The van der Waals surface area contributed by atoms with Crippen LogP contribution in [0, 0.1) is 23.7 Å². The molecule has 0 bridgehead atoms. The van der Waals surface area contributed by atoms with Gasteiger partial charge < -0.3 is 5.11 Å². The largest absolute Gasteiger partial charge is 0.393 e. The molecule has 17 heavy (non-hydrogen) atoms. The molecule has 5 atom stereocenters. The number of aliphatic hydroxyl groups is 1. The standard InChI is InChI=1S/C15H22O2/c1-9-6-10-2-3-11(16)7-14(10)15-8-12(17)4-5-13(9)15/h7,9-10,12-13,15,17H,2-6,8H2,1H3. The summed E-state index contributed by atoms with van der Waals surface area (Å²) in [4.78, 5) is 11.6. The van der Waals surface area contributed by atoms with Crippen molar-refractivity contribution in [2.24, 2.45) is 23.7 Å². The van der Waals surface area contributed by atoms with E-state index in [9.17, 15) is 9.90 Å². The van der Waals surface area contributed by atoms with E-state index >= 15 is 0 Å². The lowest BCUT2D eigenvalue weighted by Crippen LogP contribution is -2.40. The van der Waals surface area contributed by atoms with Gasteiger partial charge in [-0.2, -0.15) is 0 Å². The first-order chi connectivity index (χ1) is 8.15. The van der Waals surface area contributed by atoms with Crippen molar-refractivity contribution in [2.45, 2.75) is 51.6 Å². The molecule has 2 heteroatoms. The minimum atomic E-state index is -0.139. The third-order valence-corrected chi connectivity index (χ3v) is 5.23. The van der Waals surface area contributed by atoms with Gasteiger partial charge in [-0.25, -0.2) is 0 Å². The number of ketones is 1. The molecule has 1 N–H and O–H groups in total. The molecule has 0 heterocycles. The number of carbonyl (C=O) groups is 1. The number of carbonyl (C=O) groups excluding carboxylic acids is 1. The van der Waals surface area contributed by atoms with E-state index in [-0.39, 0.29) is 6.10 Å². The van der Waals surface area contributed by atoms with Crippen molar-refractivity contribution in [2.75, 3.05) is 0 Å². The van der Waals surface area contributed by atoms with Gasteiger partial charge >= 0.3 is 0 Å². The van der Waals surface area contributed by atoms with Gasteiger partial charge in [-0.1, -0.05) is 12.5 Å². The van der Waals surface area contributed by atoms with Crippen LogP contribution in [-0.2, 0) is 4.79 Å². The van der Waals surface area contributed by atoms with Crippen LogP contribution in [0.2, 0.25) is 0 Å². The maximum Gasteiger partial charge on any atom is 0.155 e. The first kappa shape index (κ1) is 11.5.